The lowest BCUT2D eigenvalue weighted by Crippen LogP contribution is -2.53. The Bertz CT molecular complexity index is 1400. The van der Waals surface area contributed by atoms with Gasteiger partial charge in [0, 0.05) is 17.9 Å². The molecular formula is C32H41N3O8. The predicted octanol–water partition coefficient (Wildman–Crippen LogP) is 4.36. The molecule has 11 heteroatoms. The second kappa shape index (κ2) is 11.4. The molecule has 3 saturated carbocycles. The number of amides is 1. The number of carbonyl (C=O) groups excluding carboxylic acids is 2. The molecule has 0 aromatic heterocycles. The van der Waals surface area contributed by atoms with Gasteiger partial charge in [-0.1, -0.05) is 36.7 Å². The van der Waals surface area contributed by atoms with Crippen molar-refractivity contribution in [1.29, 1.82) is 0 Å². The largest absolute Gasteiger partial charge is 0.502 e. The van der Waals surface area contributed by atoms with E-state index >= 15 is 0 Å². The van der Waals surface area contributed by atoms with E-state index in [-0.39, 0.29) is 17.3 Å². The van der Waals surface area contributed by atoms with Crippen molar-refractivity contribution in [1.82, 2.24) is 5.32 Å². The summed E-state index contributed by atoms with van der Waals surface area (Å²) in [4.78, 5) is 40.7. The topological polar surface area (TPSA) is 161 Å². The molecule has 0 radical (unpaired) electrons. The van der Waals surface area contributed by atoms with Gasteiger partial charge in [0.15, 0.2) is 12.4 Å². The Hall–Kier alpha value is -3.73. The summed E-state index contributed by atoms with van der Waals surface area (Å²) in [6.07, 6.45) is 12.2. The molecule has 4 aliphatic rings. The minimum atomic E-state index is -1.12. The van der Waals surface area contributed by atoms with E-state index in [2.05, 4.69) is 36.5 Å². The summed E-state index contributed by atoms with van der Waals surface area (Å²) in [5.74, 6) is -0.214. The summed E-state index contributed by atoms with van der Waals surface area (Å²) in [5, 5.41) is 38.7. The van der Waals surface area contributed by atoms with E-state index in [0.29, 0.717) is 29.0 Å². The van der Waals surface area contributed by atoms with Crippen LogP contribution in [0.3, 0.4) is 0 Å². The van der Waals surface area contributed by atoms with Crippen LogP contribution in [-0.4, -0.2) is 58.1 Å². The molecule has 0 bridgehead atoms. The number of hydrogen-bond donors (Lipinski definition) is 3. The number of aliphatic hydroxyl groups is 1. The van der Waals surface area contributed by atoms with Gasteiger partial charge in [0.05, 0.1) is 17.6 Å². The smallest absolute Gasteiger partial charge is 0.328 e. The maximum atomic E-state index is 12.6. The molecule has 11 nitrogen and oxygen atoms in total. The van der Waals surface area contributed by atoms with Gasteiger partial charge >= 0.3 is 11.7 Å². The second-order valence-electron chi connectivity index (χ2n) is 13.2. The zero-order chi connectivity index (χ0) is 31.2. The van der Waals surface area contributed by atoms with Crippen LogP contribution < -0.4 is 5.32 Å². The third-order valence-corrected chi connectivity index (χ3v) is 11.0. The Kier molecular flexibility index (Phi) is 8.15. The Morgan fingerprint density at radius 1 is 1.19 bits per heavy atom. The average Bonchev–Trinajstić information content (AvgIpc) is 3.21. The highest BCUT2D eigenvalue weighted by Gasteiger charge is 2.62. The van der Waals surface area contributed by atoms with Gasteiger partial charge in [-0.25, -0.2) is 4.79 Å². The number of phenols is 1. The van der Waals surface area contributed by atoms with E-state index in [1.807, 2.05) is 13.0 Å². The van der Waals surface area contributed by atoms with Crippen molar-refractivity contribution >= 4 is 23.3 Å². The number of allylic oxidation sites excluding steroid dienone is 4. The lowest BCUT2D eigenvalue weighted by molar-refractivity contribution is -0.385. The van der Waals surface area contributed by atoms with Crippen molar-refractivity contribution in [3.63, 3.8) is 0 Å². The maximum absolute atomic E-state index is 12.6. The number of nitro groups is 1. The summed E-state index contributed by atoms with van der Waals surface area (Å²) in [6.45, 7) is 6.18. The first kappa shape index (κ1) is 30.7. The Balaban J connectivity index is 1.20. The summed E-state index contributed by atoms with van der Waals surface area (Å²) in [5.41, 5.74) is 1.08. The number of hydrogen-bond acceptors (Lipinski definition) is 9. The van der Waals surface area contributed by atoms with Gasteiger partial charge in [0.1, 0.15) is 11.8 Å². The van der Waals surface area contributed by atoms with Crippen LogP contribution in [0.15, 0.2) is 47.2 Å². The van der Waals surface area contributed by atoms with E-state index < -0.39 is 46.5 Å². The number of oxime groups is 1. The molecule has 1 amide bonds. The molecule has 7 atom stereocenters. The molecule has 0 spiro atoms. The third-order valence-electron chi connectivity index (χ3n) is 11.0. The fourth-order valence-electron chi connectivity index (χ4n) is 8.32. The number of rotatable bonds is 8. The first-order chi connectivity index (χ1) is 20.3. The highest BCUT2D eigenvalue weighted by molar-refractivity contribution is 6.05. The number of benzene rings is 1. The third kappa shape index (κ3) is 5.55. The van der Waals surface area contributed by atoms with Gasteiger partial charge < -0.3 is 25.1 Å². The van der Waals surface area contributed by atoms with Gasteiger partial charge in [-0.15, -0.1) is 0 Å². The van der Waals surface area contributed by atoms with Crippen LogP contribution in [-0.2, 0) is 25.6 Å². The molecule has 5 rings (SSSR count). The van der Waals surface area contributed by atoms with Crippen molar-refractivity contribution in [2.45, 2.75) is 77.4 Å². The molecule has 0 heterocycles. The fraction of sp³-hybridized carbons (Fsp3) is 0.594. The predicted molar refractivity (Wildman–Crippen MR) is 158 cm³/mol. The maximum Gasteiger partial charge on any atom is 0.328 e. The lowest BCUT2D eigenvalue weighted by atomic mass is 9.47. The van der Waals surface area contributed by atoms with E-state index in [1.165, 1.54) is 18.7 Å². The summed E-state index contributed by atoms with van der Waals surface area (Å²) in [6, 6.07) is 2.62. The zero-order valence-corrected chi connectivity index (χ0v) is 25.2. The average molecular weight is 596 g/mol. The molecule has 1 aromatic rings. The molecule has 3 N–H and O–H groups in total. The molecule has 4 aliphatic carbocycles. The summed E-state index contributed by atoms with van der Waals surface area (Å²) in [7, 11) is 1.18. The molecule has 43 heavy (non-hydrogen) atoms. The Morgan fingerprint density at radius 2 is 1.93 bits per heavy atom. The number of esters is 1. The van der Waals surface area contributed by atoms with Crippen molar-refractivity contribution in [2.75, 3.05) is 13.7 Å². The number of carbonyl (C=O) groups is 2. The molecule has 0 saturated heterocycles. The number of fused-ring (bicyclic) bond motifs is 5. The monoisotopic (exact) mass is 595 g/mol. The van der Waals surface area contributed by atoms with Crippen molar-refractivity contribution in [3.8, 4) is 5.75 Å². The SMILES string of the molecule is COC(=O)[C@@H](Cc1ccc(O)c([N+](=O)[O-])c1)NC(=O)CO/N=C1/C=C[C@@]2(C)C(=C1)CC[C@@H]1[C@@H]2CC[C@@]2(C)[C@H]1CC[C@]2(C)O. The number of nitrogens with one attached hydrogen (secondary N) is 1. The van der Waals surface area contributed by atoms with Crippen LogP contribution in [0.25, 0.3) is 0 Å². The van der Waals surface area contributed by atoms with Gasteiger partial charge in [0.25, 0.3) is 5.91 Å². The van der Waals surface area contributed by atoms with Crippen molar-refractivity contribution in [2.24, 2.45) is 33.7 Å². The number of ether oxygens (including phenoxy) is 1. The number of methoxy groups -OCH3 is 1. The second-order valence-corrected chi connectivity index (χ2v) is 13.2. The van der Waals surface area contributed by atoms with E-state index in [0.717, 1.165) is 50.7 Å². The number of nitrogens with zero attached hydrogens (tertiary/aromatic N) is 2. The van der Waals surface area contributed by atoms with Gasteiger partial charge in [-0.3, -0.25) is 14.9 Å². The van der Waals surface area contributed by atoms with Gasteiger partial charge in [0.2, 0.25) is 0 Å². The standard InChI is InChI=1S/C32H41N3O8/c1-30-12-9-21(17-20(30)6-7-22-23(30)10-13-31(2)24(22)11-14-32(31,3)39)34-43-18-28(37)33-25(29(38)42-4)15-19-5-8-27(36)26(16-19)35(40)41/h5,8-9,12,16-17,22-25,36,39H,6-7,10-11,13-15,18H2,1-4H3,(H,33,37)/b34-21-/t22-,23+,24+,25-,30+,31+,32+/m1/s1. The van der Waals surface area contributed by atoms with Gasteiger partial charge in [-0.2, -0.15) is 0 Å². The minimum Gasteiger partial charge on any atom is -0.502 e. The normalized spacial score (nSPS) is 34.3. The molecule has 3 fully saturated rings. The van der Waals surface area contributed by atoms with Crippen LogP contribution in [0.5, 0.6) is 5.75 Å². The highest BCUT2D eigenvalue weighted by atomic mass is 16.6. The van der Waals surface area contributed by atoms with Crippen LogP contribution in [0.1, 0.15) is 64.9 Å². The van der Waals surface area contributed by atoms with E-state index in [9.17, 15) is 29.9 Å². The van der Waals surface area contributed by atoms with Crippen LogP contribution in [0.4, 0.5) is 5.69 Å². The van der Waals surface area contributed by atoms with E-state index in [4.69, 9.17) is 9.57 Å². The van der Waals surface area contributed by atoms with Gasteiger partial charge in [-0.05, 0) is 92.4 Å². The van der Waals surface area contributed by atoms with Crippen molar-refractivity contribution < 1.29 is 34.3 Å². The fourth-order valence-corrected chi connectivity index (χ4v) is 8.32. The number of aromatic hydroxyl groups is 1. The first-order valence-corrected chi connectivity index (χ1v) is 14.9. The number of phenolic OH excluding ortho intramolecular Hbond substituents is 1. The molecule has 0 aliphatic heterocycles. The Morgan fingerprint density at radius 3 is 2.65 bits per heavy atom. The number of nitro benzene ring substituents is 1. The molecule has 0 unspecified atom stereocenters. The minimum absolute atomic E-state index is 0.0277. The molecular weight excluding hydrogens is 554 g/mol. The molecule has 1 aromatic carbocycles. The Labute approximate surface area is 251 Å². The highest BCUT2D eigenvalue weighted by Crippen LogP contribution is 2.66. The summed E-state index contributed by atoms with van der Waals surface area (Å²) >= 11 is 0. The quantitative estimate of drug-likeness (QED) is 0.227. The lowest BCUT2D eigenvalue weighted by Gasteiger charge is -2.58. The zero-order valence-electron chi connectivity index (χ0n) is 25.2. The van der Waals surface area contributed by atoms with Crippen LogP contribution >= 0.6 is 0 Å². The van der Waals surface area contributed by atoms with E-state index in [1.54, 1.807) is 0 Å². The van der Waals surface area contributed by atoms with Crippen LogP contribution in [0.2, 0.25) is 0 Å². The summed E-state index contributed by atoms with van der Waals surface area (Å²) < 4.78 is 4.79. The molecule has 232 valence electrons. The first-order valence-electron chi connectivity index (χ1n) is 14.9. The van der Waals surface area contributed by atoms with Crippen molar-refractivity contribution in [3.05, 3.63) is 57.7 Å². The van der Waals surface area contributed by atoms with Crippen LogP contribution in [0, 0.1) is 38.7 Å².